The summed E-state index contributed by atoms with van der Waals surface area (Å²) in [6, 6.07) is 0. The van der Waals surface area contributed by atoms with Crippen molar-refractivity contribution in [2.75, 3.05) is 20.8 Å². The summed E-state index contributed by atoms with van der Waals surface area (Å²) in [6.45, 7) is 7.47. The van der Waals surface area contributed by atoms with Gasteiger partial charge in [0.1, 0.15) is 24.4 Å². The van der Waals surface area contributed by atoms with Gasteiger partial charge in [0.05, 0.1) is 6.61 Å². The Labute approximate surface area is 125 Å². The zero-order chi connectivity index (χ0) is 15.8. The lowest BCUT2D eigenvalue weighted by Crippen LogP contribution is -2.49. The molecule has 0 saturated carbocycles. The van der Waals surface area contributed by atoms with Crippen molar-refractivity contribution >= 4 is 0 Å². The smallest absolute Gasteiger partial charge is 0.185 e. The van der Waals surface area contributed by atoms with Crippen LogP contribution < -0.4 is 0 Å². The summed E-state index contributed by atoms with van der Waals surface area (Å²) in [5, 5.41) is 10.6. The molecule has 0 unspecified atom stereocenters. The summed E-state index contributed by atoms with van der Waals surface area (Å²) in [4.78, 5) is 0. The van der Waals surface area contributed by atoms with Crippen LogP contribution >= 0.6 is 0 Å². The molecule has 2 aliphatic heterocycles. The molecule has 0 aromatic carbocycles. The normalized spacial score (nSPS) is 36.3. The van der Waals surface area contributed by atoms with Crippen molar-refractivity contribution in [1.29, 1.82) is 0 Å². The van der Waals surface area contributed by atoms with Crippen molar-refractivity contribution in [3.05, 3.63) is 0 Å². The van der Waals surface area contributed by atoms with Crippen LogP contribution in [0.15, 0.2) is 0 Å². The van der Waals surface area contributed by atoms with Gasteiger partial charge in [0.25, 0.3) is 0 Å². The highest BCUT2D eigenvalue weighted by Gasteiger charge is 2.52. The molecular weight excluding hydrogens is 280 g/mol. The van der Waals surface area contributed by atoms with Gasteiger partial charge in [-0.15, -0.1) is 0 Å². The van der Waals surface area contributed by atoms with E-state index in [9.17, 15) is 5.11 Å². The lowest BCUT2D eigenvalue weighted by Gasteiger charge is -2.29. The van der Waals surface area contributed by atoms with Crippen LogP contribution in [-0.2, 0) is 28.4 Å². The fourth-order valence-electron chi connectivity index (χ4n) is 2.75. The first kappa shape index (κ1) is 17.1. The molecule has 4 atom stereocenters. The molecule has 0 radical (unpaired) electrons. The number of aliphatic hydroxyl groups excluding tert-OH is 1. The lowest BCUT2D eigenvalue weighted by atomic mass is 10.0. The molecule has 0 spiro atoms. The first-order valence-electron chi connectivity index (χ1n) is 7.10. The topological polar surface area (TPSA) is 75.6 Å². The quantitative estimate of drug-likeness (QED) is 0.747. The molecule has 1 N–H and O–H groups in total. The van der Waals surface area contributed by atoms with E-state index in [2.05, 4.69) is 0 Å². The molecule has 2 rings (SSSR count). The second-order valence-corrected chi connectivity index (χ2v) is 6.26. The number of hydrogen-bond acceptors (Lipinski definition) is 7. The predicted molar refractivity (Wildman–Crippen MR) is 72.5 cm³/mol. The van der Waals surface area contributed by atoms with Gasteiger partial charge in [0, 0.05) is 14.2 Å². The Morgan fingerprint density at radius 1 is 0.952 bits per heavy atom. The highest BCUT2D eigenvalue weighted by atomic mass is 16.8. The Balaban J connectivity index is 2.11. The van der Waals surface area contributed by atoms with Gasteiger partial charge >= 0.3 is 0 Å². The Morgan fingerprint density at radius 3 is 2.00 bits per heavy atom. The van der Waals surface area contributed by atoms with Crippen molar-refractivity contribution in [3.8, 4) is 0 Å². The molecule has 0 aromatic heterocycles. The molecule has 2 heterocycles. The summed E-state index contributed by atoms with van der Waals surface area (Å²) < 4.78 is 33.3. The number of ether oxygens (including phenoxy) is 6. The van der Waals surface area contributed by atoms with Crippen LogP contribution in [0, 0.1) is 0 Å². The summed E-state index contributed by atoms with van der Waals surface area (Å²) in [7, 11) is 3.04. The van der Waals surface area contributed by atoms with Gasteiger partial charge in [-0.3, -0.25) is 0 Å². The van der Waals surface area contributed by atoms with E-state index in [1.54, 1.807) is 27.7 Å². The molecule has 2 saturated heterocycles. The van der Waals surface area contributed by atoms with Gasteiger partial charge < -0.3 is 33.5 Å². The highest BCUT2D eigenvalue weighted by Crippen LogP contribution is 2.36. The Bertz CT molecular complexity index is 353. The minimum atomic E-state index is -0.911. The molecule has 7 heteroatoms. The fourth-order valence-corrected chi connectivity index (χ4v) is 2.75. The first-order chi connectivity index (χ1) is 9.69. The summed E-state index contributed by atoms with van der Waals surface area (Å²) in [5.74, 6) is -1.54. The molecule has 0 aromatic rings. The van der Waals surface area contributed by atoms with Gasteiger partial charge in [-0.05, 0) is 27.7 Å². The molecule has 21 heavy (non-hydrogen) atoms. The minimum absolute atomic E-state index is 0.297. The van der Waals surface area contributed by atoms with E-state index in [0.29, 0.717) is 6.61 Å². The zero-order valence-corrected chi connectivity index (χ0v) is 13.5. The van der Waals surface area contributed by atoms with Gasteiger partial charge in [0.2, 0.25) is 0 Å². The Kier molecular flexibility index (Phi) is 4.94. The maximum atomic E-state index is 10.6. The largest absolute Gasteiger partial charge is 0.387 e. The van der Waals surface area contributed by atoms with Crippen LogP contribution in [0.5, 0.6) is 0 Å². The van der Waals surface area contributed by atoms with Gasteiger partial charge in [-0.25, -0.2) is 0 Å². The lowest BCUT2D eigenvalue weighted by molar-refractivity contribution is -0.202. The van der Waals surface area contributed by atoms with Crippen LogP contribution in [0.2, 0.25) is 0 Å². The van der Waals surface area contributed by atoms with Crippen molar-refractivity contribution in [3.63, 3.8) is 0 Å². The molecule has 0 aliphatic carbocycles. The third-order valence-corrected chi connectivity index (χ3v) is 3.64. The predicted octanol–water partition coefficient (Wildman–Crippen LogP) is 0.638. The van der Waals surface area contributed by atoms with Crippen molar-refractivity contribution in [2.24, 2.45) is 0 Å². The molecule has 2 aliphatic rings. The van der Waals surface area contributed by atoms with Crippen molar-refractivity contribution in [1.82, 2.24) is 0 Å². The fraction of sp³-hybridized carbons (Fsp3) is 1.00. The molecule has 0 amide bonds. The van der Waals surface area contributed by atoms with Crippen LogP contribution in [0.3, 0.4) is 0 Å². The second kappa shape index (κ2) is 6.08. The molecule has 7 nitrogen and oxygen atoms in total. The Hall–Kier alpha value is -0.280. The molecule has 124 valence electrons. The zero-order valence-electron chi connectivity index (χ0n) is 13.5. The molecule has 0 bridgehead atoms. The third-order valence-electron chi connectivity index (χ3n) is 3.64. The van der Waals surface area contributed by atoms with Gasteiger partial charge in [-0.2, -0.15) is 0 Å². The van der Waals surface area contributed by atoms with E-state index in [0.717, 1.165) is 0 Å². The van der Waals surface area contributed by atoms with Crippen molar-refractivity contribution in [2.45, 2.75) is 70.0 Å². The average Bonchev–Trinajstić information content (AvgIpc) is 2.90. The van der Waals surface area contributed by atoms with E-state index in [1.165, 1.54) is 14.2 Å². The summed E-state index contributed by atoms with van der Waals surface area (Å²) in [6.07, 6.45) is -3.22. The van der Waals surface area contributed by atoms with Crippen molar-refractivity contribution < 1.29 is 33.5 Å². The average molecular weight is 306 g/mol. The van der Waals surface area contributed by atoms with E-state index >= 15 is 0 Å². The maximum Gasteiger partial charge on any atom is 0.185 e. The number of aliphatic hydroxyl groups is 1. The van der Waals surface area contributed by atoms with E-state index in [-0.39, 0.29) is 0 Å². The van der Waals surface area contributed by atoms with Crippen LogP contribution in [0.25, 0.3) is 0 Å². The van der Waals surface area contributed by atoms with Crippen LogP contribution in [-0.4, -0.2) is 68.2 Å². The number of rotatable bonds is 5. The first-order valence-corrected chi connectivity index (χ1v) is 7.10. The van der Waals surface area contributed by atoms with E-state index < -0.39 is 42.3 Å². The minimum Gasteiger partial charge on any atom is -0.387 e. The SMILES string of the molecule is COC(OC)[C@@H]1OC(C)(C)O[C@H]1[C@H](O)[C@H]1COC(C)(C)O1. The summed E-state index contributed by atoms with van der Waals surface area (Å²) >= 11 is 0. The monoisotopic (exact) mass is 306 g/mol. The van der Waals surface area contributed by atoms with Gasteiger partial charge in [-0.1, -0.05) is 0 Å². The molecular formula is C14H26O7. The highest BCUT2D eigenvalue weighted by molar-refractivity contribution is 4.93. The van der Waals surface area contributed by atoms with Crippen LogP contribution in [0.1, 0.15) is 27.7 Å². The third kappa shape index (κ3) is 3.73. The standard InChI is InChI=1S/C14H26O7/c1-13(2)18-7-8(19-13)9(15)10-11(12(16-5)17-6)21-14(3,4)20-10/h8-12,15H,7H2,1-6H3/t8-,9-,10+,11-/m1/s1. The van der Waals surface area contributed by atoms with E-state index in [1.807, 2.05) is 0 Å². The van der Waals surface area contributed by atoms with Gasteiger partial charge in [0.15, 0.2) is 17.9 Å². The molecule has 2 fully saturated rings. The van der Waals surface area contributed by atoms with E-state index in [4.69, 9.17) is 28.4 Å². The number of methoxy groups -OCH3 is 2. The second-order valence-electron chi connectivity index (χ2n) is 6.26. The Morgan fingerprint density at radius 2 is 1.52 bits per heavy atom. The summed E-state index contributed by atoms with van der Waals surface area (Å²) in [5.41, 5.74) is 0. The number of hydrogen-bond donors (Lipinski definition) is 1. The van der Waals surface area contributed by atoms with Crippen LogP contribution in [0.4, 0.5) is 0 Å². The maximum absolute atomic E-state index is 10.6.